The molecule has 0 radical (unpaired) electrons. The van der Waals surface area contributed by atoms with Gasteiger partial charge in [0.1, 0.15) is 57.6 Å². The molecular weight excluding hydrogens is 1960 g/mol. The van der Waals surface area contributed by atoms with E-state index in [-0.39, 0.29) is 106 Å². The largest absolute Gasteiger partial charge is 0.384 e. The summed E-state index contributed by atoms with van der Waals surface area (Å²) in [6.07, 6.45) is 33.1. The standard InChI is InChI=1S/C10H11ClN2O.C10H12FN3O.C9H11FN4.C9H10FN3O.2C9H12N4.C9H11N3O.C8H11N5O.C8H11N5.2C8H10N4O.CH4/c1-6(2)13-5-7(11)9-8(14)3-4-12-10(9)13;1-6(2)14-4-7(11)8-9(14)12-5-13(3)10(8)15;1-5(2)14-3-6(10)7-8(11)12-4-13-9(7)14;1-5(2)13-3-6(10)7-8(13)11-4-12-9(7)14;1-6(2)7-5-12-13-8(10)3-4-11-9(7)13;1-6(2)13-5-12-8-7(13)3-4-11-9(8)10;1-6(2)12-5-11-8-7(12)3-4-10-9(8)13;1-4(2)13-3-10-5-6(13)11-8(9)12-7(5)14;1-5(2)13-4-12-6-7(9)10-3-11-8(6)13;1-5(2)12-4-11-6-7(12)9-3-10-8(6)13;1-5(2)6-3-11-12-7(6)9-4-10-8(12)13;/h4-6H,3H2,1-2H3;4-6H,1-3H3;3-5H,1-2H3,(H2,11,12,13);3-5H,1-2H3,(H,11,12,14);3-6H,10H2,1-2H3;3-6H,1-2H3,(H2,10,11);3-6H,1-2H3,(H,10,13);3-4H,1-2H3,(H3,9,11,12,14);3-5H,1-2H3,(H2,9,10,11);2*3-5H,1-2H3,(H,9,10,13);1H4. The molecular formula is C98H125ClF3N41O7. The lowest BCUT2D eigenvalue weighted by Gasteiger charge is -2.12. The number of hydrogen-bond donors (Lipinski definition) is 10. The second-order valence-corrected chi connectivity index (χ2v) is 37.6. The fraction of sp³-hybridized carbons (Fsp3) is 0.367. The molecule has 0 fully saturated rings. The van der Waals surface area contributed by atoms with Crippen LogP contribution in [0.1, 0.15) is 254 Å². The minimum absolute atomic E-state index is 0. The summed E-state index contributed by atoms with van der Waals surface area (Å²) in [5, 5.41) is 9.03. The van der Waals surface area contributed by atoms with E-state index >= 15 is 0 Å². The Balaban J connectivity index is 0.000000156. The predicted octanol–water partition coefficient (Wildman–Crippen LogP) is 15.1. The number of nitrogens with zero attached hydrogens (tertiary/aromatic N) is 31. The third-order valence-corrected chi connectivity index (χ3v) is 23.3. The van der Waals surface area contributed by atoms with Gasteiger partial charge in [-0.3, -0.25) is 38.7 Å². The Morgan fingerprint density at radius 1 is 0.373 bits per heavy atom. The summed E-state index contributed by atoms with van der Waals surface area (Å²) < 4.78 is 61.2. The van der Waals surface area contributed by atoms with Gasteiger partial charge in [-0.05, 0) is 155 Å². The number of nitrogens with one attached hydrogen (secondary N) is 5. The van der Waals surface area contributed by atoms with Crippen molar-refractivity contribution in [2.24, 2.45) is 12.0 Å². The van der Waals surface area contributed by atoms with Gasteiger partial charge >= 0.3 is 5.69 Å². The number of carbonyl (C=O) groups is 1. The van der Waals surface area contributed by atoms with Crippen LogP contribution in [0, 0.1) is 17.5 Å². The number of rotatable bonds is 11. The molecule has 1 aliphatic rings. The van der Waals surface area contributed by atoms with E-state index in [9.17, 15) is 46.7 Å². The van der Waals surface area contributed by atoms with Crippen LogP contribution in [0.4, 0.5) is 48.2 Å². The monoisotopic (exact) mass is 2080 g/mol. The van der Waals surface area contributed by atoms with Crippen LogP contribution in [0.15, 0.2) is 177 Å². The van der Waals surface area contributed by atoms with E-state index in [1.807, 2.05) is 134 Å². The van der Waals surface area contributed by atoms with E-state index in [0.717, 1.165) is 39.0 Å². The summed E-state index contributed by atoms with van der Waals surface area (Å²) in [6.45, 7) is 44.4. The van der Waals surface area contributed by atoms with Crippen molar-refractivity contribution in [3.63, 3.8) is 0 Å². The number of aryl methyl sites for hydroxylation is 1. The zero-order valence-corrected chi connectivity index (χ0v) is 87.3. The Morgan fingerprint density at radius 2 is 0.800 bits per heavy atom. The second kappa shape index (κ2) is 48.6. The average molecular weight is 2080 g/mol. The Kier molecular flexibility index (Phi) is 36.5. The van der Waals surface area contributed by atoms with Gasteiger partial charge in [-0.1, -0.05) is 46.7 Å². The molecule has 52 heteroatoms. The number of halogens is 4. The molecule has 0 aliphatic carbocycles. The number of nitrogens with two attached hydrogens (primary N) is 5. The van der Waals surface area contributed by atoms with Gasteiger partial charge in [-0.25, -0.2) is 97.7 Å². The normalized spacial score (nSPS) is 11.6. The number of aromatic nitrogens is 35. The van der Waals surface area contributed by atoms with E-state index in [4.69, 9.17) is 40.3 Å². The highest BCUT2D eigenvalue weighted by atomic mass is 35.5. The average Bonchev–Trinajstić information content (AvgIpc) is 1.62. The first-order valence-corrected chi connectivity index (χ1v) is 47.9. The van der Waals surface area contributed by atoms with Crippen LogP contribution in [0.5, 0.6) is 0 Å². The smallest absolute Gasteiger partial charge is 0.349 e. The molecule has 0 bridgehead atoms. The lowest BCUT2D eigenvalue weighted by atomic mass is 10.1. The number of aromatic amines is 5. The molecule has 0 saturated heterocycles. The van der Waals surface area contributed by atoms with Crippen molar-refractivity contribution in [2.75, 3.05) is 28.7 Å². The van der Waals surface area contributed by atoms with Gasteiger partial charge in [-0.2, -0.15) is 24.2 Å². The summed E-state index contributed by atoms with van der Waals surface area (Å²) in [6, 6.07) is 7.63. The molecule has 0 unspecified atom stereocenters. The first-order chi connectivity index (χ1) is 70.6. The van der Waals surface area contributed by atoms with Gasteiger partial charge in [0.2, 0.25) is 5.95 Å². The fourth-order valence-electron chi connectivity index (χ4n) is 15.2. The molecule has 0 aromatic carbocycles. The molecule has 0 amide bonds. The number of Topliss-reactive ketones (excluding diaryl/α,β-unsaturated/α-hetero) is 1. The van der Waals surface area contributed by atoms with Gasteiger partial charge in [0.15, 0.2) is 91.0 Å². The Bertz CT molecular complexity index is 8290. The topological polar surface area (TPSA) is 631 Å². The third kappa shape index (κ3) is 24.9. The highest BCUT2D eigenvalue weighted by Gasteiger charge is 2.26. The van der Waals surface area contributed by atoms with E-state index in [1.165, 1.54) is 65.6 Å². The van der Waals surface area contributed by atoms with Gasteiger partial charge in [-0.15, -0.1) is 0 Å². The maximum Gasteiger partial charge on any atom is 0.349 e. The summed E-state index contributed by atoms with van der Waals surface area (Å²) in [7, 11) is 1.56. The molecule has 0 atom stereocenters. The first-order valence-electron chi connectivity index (χ1n) is 47.5. The van der Waals surface area contributed by atoms with Crippen LogP contribution < -0.4 is 62.2 Å². The van der Waals surface area contributed by atoms with Crippen LogP contribution >= 0.6 is 11.6 Å². The van der Waals surface area contributed by atoms with Crippen LogP contribution in [0.3, 0.4) is 0 Å². The predicted molar refractivity (Wildman–Crippen MR) is 576 cm³/mol. The highest BCUT2D eigenvalue weighted by molar-refractivity contribution is 6.35. The fourth-order valence-corrected chi connectivity index (χ4v) is 15.5. The Hall–Kier alpha value is -17.6. The van der Waals surface area contributed by atoms with Crippen molar-refractivity contribution in [1.29, 1.82) is 0 Å². The number of hydrogen-bond acceptors (Lipinski definition) is 31. The first kappa shape index (κ1) is 113. The van der Waals surface area contributed by atoms with Crippen molar-refractivity contribution < 1.29 is 18.0 Å². The Morgan fingerprint density at radius 3 is 1.37 bits per heavy atom. The number of carbonyl (C=O) groups excluding carboxylic acids is 1. The van der Waals surface area contributed by atoms with Crippen molar-refractivity contribution in [3.8, 4) is 0 Å². The zero-order chi connectivity index (χ0) is 109. The minimum atomic E-state index is -0.525. The van der Waals surface area contributed by atoms with E-state index in [2.05, 4.69) is 180 Å². The van der Waals surface area contributed by atoms with Crippen molar-refractivity contribution in [3.05, 3.63) is 245 Å². The van der Waals surface area contributed by atoms with E-state index < -0.39 is 17.2 Å². The number of aliphatic imine (C=N–C) groups is 1. The number of H-pyrrole nitrogens is 5. The highest BCUT2D eigenvalue weighted by Crippen LogP contribution is 2.36. The molecule has 21 aromatic rings. The number of imidazole rings is 5. The molecule has 48 nitrogen and oxygen atoms in total. The lowest BCUT2D eigenvalue weighted by Crippen LogP contribution is -2.17. The van der Waals surface area contributed by atoms with Gasteiger partial charge in [0.25, 0.3) is 27.8 Å². The van der Waals surface area contributed by atoms with Crippen LogP contribution in [0.25, 0.3) is 100.0 Å². The third-order valence-electron chi connectivity index (χ3n) is 23.0. The maximum atomic E-state index is 13.5. The summed E-state index contributed by atoms with van der Waals surface area (Å²) >= 11 is 5.99. The number of ketones is 1. The quantitative estimate of drug-likeness (QED) is 0.0575. The number of pyridine rings is 2. The lowest BCUT2D eigenvalue weighted by molar-refractivity contribution is 0.100. The molecule has 22 heterocycles. The molecule has 21 aromatic heterocycles. The molecule has 0 spiro atoms. The summed E-state index contributed by atoms with van der Waals surface area (Å²) in [5.41, 5.74) is 38.5. The number of nitrogen functional groups attached to an aromatic ring is 5. The summed E-state index contributed by atoms with van der Waals surface area (Å²) in [5.74, 6) is 1.96. The molecule has 15 N–H and O–H groups in total. The van der Waals surface area contributed by atoms with Crippen molar-refractivity contribution in [1.82, 2.24) is 170 Å². The maximum absolute atomic E-state index is 13.5. The van der Waals surface area contributed by atoms with Gasteiger partial charge in [0, 0.05) is 129 Å². The minimum Gasteiger partial charge on any atom is -0.384 e. The molecule has 1 aliphatic heterocycles. The molecule has 22 rings (SSSR count). The van der Waals surface area contributed by atoms with Crippen LogP contribution in [-0.4, -0.2) is 182 Å². The number of fused-ring (bicyclic) bond motifs is 11. The Labute approximate surface area is 859 Å². The van der Waals surface area contributed by atoms with E-state index in [0.29, 0.717) is 132 Å². The number of anilines is 5. The SMILES string of the molecule is C.CC(C)c1cnn2c(=O)[nH]cnc12.CC(C)c1cnn2c(N)ccnc12.CC(C)n1cc(Cl)c2c1N=CCC2=O.CC(C)n1cc(F)c2c(=O)[nH]cnc21.CC(C)n1cc(F)c2c(=O)n(C)cnc21.CC(C)n1cc(F)c2c(N)ncnc21.CC(C)n1cnc2c(=O)[nH]c(N)nc21.CC(C)n1cnc2c(=O)[nH]ccc21.CC(C)n1cnc2c(=O)[nH]cnc21.CC(C)n1cnc2c(N)nccc21.CC(C)n1cnc2c(N)ncnc21. The molecule has 150 heavy (non-hydrogen) atoms. The van der Waals surface area contributed by atoms with E-state index in [1.54, 1.807) is 105 Å². The van der Waals surface area contributed by atoms with Crippen molar-refractivity contribution >= 4 is 159 Å². The molecule has 792 valence electrons. The van der Waals surface area contributed by atoms with Gasteiger partial charge < -0.3 is 89.3 Å². The van der Waals surface area contributed by atoms with Crippen LogP contribution in [-0.2, 0) is 7.05 Å². The molecule has 0 saturated carbocycles. The van der Waals surface area contributed by atoms with Crippen molar-refractivity contribution in [2.45, 2.75) is 232 Å². The van der Waals surface area contributed by atoms with Crippen LogP contribution in [0.2, 0.25) is 5.02 Å². The summed E-state index contributed by atoms with van der Waals surface area (Å²) in [4.78, 5) is 161. The van der Waals surface area contributed by atoms with Gasteiger partial charge in [0.05, 0.1) is 96.3 Å². The zero-order valence-electron chi connectivity index (χ0n) is 86.5. The second-order valence-electron chi connectivity index (χ2n) is 37.1.